The number of nitrogens with zero attached hydrogens (tertiary/aromatic N) is 2. The summed E-state index contributed by atoms with van der Waals surface area (Å²) >= 11 is 0. The van der Waals surface area contributed by atoms with E-state index in [0.717, 1.165) is 38.4 Å². The number of hydrogen-bond donors (Lipinski definition) is 1. The van der Waals surface area contributed by atoms with Gasteiger partial charge >= 0.3 is 6.09 Å². The summed E-state index contributed by atoms with van der Waals surface area (Å²) in [4.78, 5) is 26.6. The van der Waals surface area contributed by atoms with Gasteiger partial charge in [0.25, 0.3) is 0 Å². The molecule has 0 spiro atoms. The zero-order chi connectivity index (χ0) is 13.7. The highest BCUT2D eigenvalue weighted by Gasteiger charge is 2.30. The van der Waals surface area contributed by atoms with E-state index < -0.39 is 6.09 Å². The summed E-state index contributed by atoms with van der Waals surface area (Å²) in [5.41, 5.74) is 0. The van der Waals surface area contributed by atoms with Gasteiger partial charge in [-0.05, 0) is 51.9 Å². The number of cyclic esters (lactones) is 1. The molecule has 0 bridgehead atoms. The maximum absolute atomic E-state index is 12.0. The molecule has 2 fully saturated rings. The van der Waals surface area contributed by atoms with Crippen LogP contribution in [0.1, 0.15) is 19.3 Å². The lowest BCUT2D eigenvalue weighted by Gasteiger charge is -2.31. The van der Waals surface area contributed by atoms with Crippen LogP contribution < -0.4 is 5.32 Å². The van der Waals surface area contributed by atoms with Gasteiger partial charge in [-0.15, -0.1) is 0 Å². The largest absolute Gasteiger partial charge is 0.447 e. The third-order valence-corrected chi connectivity index (χ3v) is 3.93. The molecule has 19 heavy (non-hydrogen) atoms. The van der Waals surface area contributed by atoms with Crippen LogP contribution in [-0.4, -0.2) is 68.2 Å². The Bertz CT molecular complexity index is 327. The molecule has 0 radical (unpaired) electrons. The molecule has 108 valence electrons. The third-order valence-electron chi connectivity index (χ3n) is 3.93. The van der Waals surface area contributed by atoms with Crippen LogP contribution in [0.25, 0.3) is 0 Å². The lowest BCUT2D eigenvalue weighted by Crippen LogP contribution is -2.44. The zero-order valence-electron chi connectivity index (χ0n) is 11.6. The van der Waals surface area contributed by atoms with Crippen molar-refractivity contribution in [2.24, 2.45) is 5.92 Å². The van der Waals surface area contributed by atoms with Gasteiger partial charge in [0.2, 0.25) is 5.91 Å². The summed E-state index contributed by atoms with van der Waals surface area (Å²) in [6.07, 6.45) is 2.99. The molecule has 2 saturated heterocycles. The predicted molar refractivity (Wildman–Crippen MR) is 70.8 cm³/mol. The Morgan fingerprint density at radius 1 is 1.37 bits per heavy atom. The second kappa shape index (κ2) is 6.86. The first-order valence-electron chi connectivity index (χ1n) is 7.05. The second-order valence-corrected chi connectivity index (χ2v) is 5.27. The molecule has 2 aliphatic heterocycles. The van der Waals surface area contributed by atoms with Crippen molar-refractivity contribution in [3.05, 3.63) is 0 Å². The maximum Gasteiger partial charge on any atom is 0.416 e. The van der Waals surface area contributed by atoms with Crippen molar-refractivity contribution in [3.63, 3.8) is 0 Å². The first kappa shape index (κ1) is 14.3. The number of hydrogen-bond acceptors (Lipinski definition) is 5. The number of imide groups is 1. The Morgan fingerprint density at radius 2 is 2.11 bits per heavy atom. The first-order valence-corrected chi connectivity index (χ1v) is 7.05. The van der Waals surface area contributed by atoms with Crippen LogP contribution in [-0.2, 0) is 9.53 Å². The van der Waals surface area contributed by atoms with Crippen molar-refractivity contribution in [2.75, 3.05) is 46.4 Å². The van der Waals surface area contributed by atoms with E-state index in [1.165, 1.54) is 11.3 Å². The second-order valence-electron chi connectivity index (χ2n) is 5.27. The first-order chi connectivity index (χ1) is 9.20. The van der Waals surface area contributed by atoms with Crippen molar-refractivity contribution in [2.45, 2.75) is 19.3 Å². The van der Waals surface area contributed by atoms with Gasteiger partial charge in [-0.3, -0.25) is 9.69 Å². The average molecular weight is 269 g/mol. The molecule has 0 aliphatic carbocycles. The van der Waals surface area contributed by atoms with E-state index in [1.54, 1.807) is 0 Å². The molecular formula is C13H23N3O3. The van der Waals surface area contributed by atoms with Gasteiger partial charge in [0, 0.05) is 0 Å². The fourth-order valence-corrected chi connectivity index (χ4v) is 2.68. The van der Waals surface area contributed by atoms with Gasteiger partial charge in [-0.25, -0.2) is 9.69 Å². The molecule has 0 aromatic rings. The molecule has 0 aromatic carbocycles. The van der Waals surface area contributed by atoms with Gasteiger partial charge in [-0.2, -0.15) is 0 Å². The van der Waals surface area contributed by atoms with E-state index in [1.807, 2.05) is 7.05 Å². The van der Waals surface area contributed by atoms with Crippen molar-refractivity contribution in [1.29, 1.82) is 0 Å². The predicted octanol–water partition coefficient (Wildman–Crippen LogP) is 0.287. The number of likely N-dealkylation sites (tertiary alicyclic amines) is 1. The van der Waals surface area contributed by atoms with Crippen LogP contribution in [0.3, 0.4) is 0 Å². The summed E-state index contributed by atoms with van der Waals surface area (Å²) in [5.74, 6) is 0.631. The Hall–Kier alpha value is -1.14. The number of carbonyl (C=O) groups excluding carboxylic acids is 2. The van der Waals surface area contributed by atoms with E-state index in [-0.39, 0.29) is 5.91 Å². The van der Waals surface area contributed by atoms with E-state index in [0.29, 0.717) is 19.7 Å². The van der Waals surface area contributed by atoms with Crippen LogP contribution in [0.15, 0.2) is 0 Å². The number of ether oxygens (including phenoxy) is 1. The maximum atomic E-state index is 12.0. The standard InChI is InChI=1S/C13H23N3O3/c1-14-5-2-11-3-6-15(7-4-11)10-12(17)16-8-9-19-13(16)18/h11,14H,2-10H2,1H3. The quantitative estimate of drug-likeness (QED) is 0.777. The number of nitrogens with one attached hydrogen (secondary N) is 1. The number of rotatable bonds is 5. The molecule has 0 atom stereocenters. The van der Waals surface area contributed by atoms with Crippen LogP contribution in [0.4, 0.5) is 4.79 Å². The lowest BCUT2D eigenvalue weighted by molar-refractivity contribution is -0.129. The minimum Gasteiger partial charge on any atom is -0.447 e. The molecule has 1 N–H and O–H groups in total. The highest BCUT2D eigenvalue weighted by molar-refractivity contribution is 5.94. The van der Waals surface area contributed by atoms with Crippen LogP contribution >= 0.6 is 0 Å². The fourth-order valence-electron chi connectivity index (χ4n) is 2.68. The molecular weight excluding hydrogens is 246 g/mol. The lowest BCUT2D eigenvalue weighted by atomic mass is 9.93. The molecule has 6 heteroatoms. The summed E-state index contributed by atoms with van der Waals surface area (Å²) in [7, 11) is 1.98. The van der Waals surface area contributed by atoms with E-state index >= 15 is 0 Å². The van der Waals surface area contributed by atoms with Gasteiger partial charge in [-0.1, -0.05) is 0 Å². The molecule has 0 aromatic heterocycles. The number of piperidine rings is 1. The van der Waals surface area contributed by atoms with Crippen LogP contribution in [0, 0.1) is 5.92 Å². The Balaban J connectivity index is 1.70. The molecule has 2 aliphatic rings. The highest BCUT2D eigenvalue weighted by Crippen LogP contribution is 2.20. The molecule has 6 nitrogen and oxygen atoms in total. The molecule has 0 unspecified atom stereocenters. The van der Waals surface area contributed by atoms with E-state index in [9.17, 15) is 9.59 Å². The van der Waals surface area contributed by atoms with Crippen molar-refractivity contribution in [3.8, 4) is 0 Å². The zero-order valence-corrected chi connectivity index (χ0v) is 11.6. The summed E-state index contributed by atoms with van der Waals surface area (Å²) in [6.45, 7) is 4.02. The molecule has 2 heterocycles. The molecule has 0 saturated carbocycles. The van der Waals surface area contributed by atoms with Gasteiger partial charge < -0.3 is 10.1 Å². The van der Waals surface area contributed by atoms with E-state index in [2.05, 4.69) is 10.2 Å². The summed E-state index contributed by atoms with van der Waals surface area (Å²) in [5, 5.41) is 3.17. The van der Waals surface area contributed by atoms with Crippen LogP contribution in [0.2, 0.25) is 0 Å². The third kappa shape index (κ3) is 3.91. The molecule has 2 amide bonds. The normalized spacial score (nSPS) is 21.7. The number of amides is 2. The van der Waals surface area contributed by atoms with Crippen molar-refractivity contribution < 1.29 is 14.3 Å². The number of carbonyl (C=O) groups is 2. The average Bonchev–Trinajstić information content (AvgIpc) is 2.84. The van der Waals surface area contributed by atoms with Crippen molar-refractivity contribution in [1.82, 2.24) is 15.1 Å². The Morgan fingerprint density at radius 3 is 2.68 bits per heavy atom. The Kier molecular flexibility index (Phi) is 5.15. The monoisotopic (exact) mass is 269 g/mol. The van der Waals surface area contributed by atoms with Crippen molar-refractivity contribution >= 4 is 12.0 Å². The van der Waals surface area contributed by atoms with Gasteiger partial charge in [0.1, 0.15) is 6.61 Å². The summed E-state index contributed by atoms with van der Waals surface area (Å²) < 4.78 is 4.78. The van der Waals surface area contributed by atoms with Crippen LogP contribution in [0.5, 0.6) is 0 Å². The van der Waals surface area contributed by atoms with E-state index in [4.69, 9.17) is 4.74 Å². The topological polar surface area (TPSA) is 61.9 Å². The smallest absolute Gasteiger partial charge is 0.416 e. The minimum atomic E-state index is -0.492. The highest BCUT2D eigenvalue weighted by atomic mass is 16.6. The Labute approximate surface area is 114 Å². The minimum absolute atomic E-state index is 0.129. The fraction of sp³-hybridized carbons (Fsp3) is 0.846. The molecule has 2 rings (SSSR count). The SMILES string of the molecule is CNCCC1CCN(CC(=O)N2CCOC2=O)CC1. The summed E-state index contributed by atoms with van der Waals surface area (Å²) in [6, 6.07) is 0. The van der Waals surface area contributed by atoms with Gasteiger partial charge in [0.05, 0.1) is 13.1 Å². The van der Waals surface area contributed by atoms with Gasteiger partial charge in [0.15, 0.2) is 0 Å².